The molecule has 1 aliphatic rings. The van der Waals surface area contributed by atoms with Crippen LogP contribution < -0.4 is 15.8 Å². The van der Waals surface area contributed by atoms with Crippen molar-refractivity contribution < 1.29 is 14.3 Å². The van der Waals surface area contributed by atoms with Gasteiger partial charge in [0.15, 0.2) is 0 Å². The largest absolute Gasteiger partial charge is 0.417 e. The first-order chi connectivity index (χ1) is 11.0. The second-order valence-electron chi connectivity index (χ2n) is 5.75. The van der Waals surface area contributed by atoms with Gasteiger partial charge in [-0.25, -0.2) is 4.79 Å². The Bertz CT molecular complexity index is 740. The fraction of sp³-hybridized carbons (Fsp3) is 0.294. The number of benzene rings is 1. The van der Waals surface area contributed by atoms with Gasteiger partial charge in [-0.3, -0.25) is 10.1 Å². The van der Waals surface area contributed by atoms with Gasteiger partial charge in [0, 0.05) is 4.88 Å². The van der Waals surface area contributed by atoms with Crippen molar-refractivity contribution in [1.82, 2.24) is 0 Å². The van der Waals surface area contributed by atoms with Crippen LogP contribution in [-0.2, 0) is 12.8 Å². The van der Waals surface area contributed by atoms with Crippen LogP contribution in [0.3, 0.4) is 0 Å². The smallest absolute Gasteiger partial charge is 0.410 e. The quantitative estimate of drug-likeness (QED) is 0.902. The van der Waals surface area contributed by atoms with Gasteiger partial charge in [-0.2, -0.15) is 0 Å². The standard InChI is InChI=1S/C17H18N2O3S/c1-10-7-8-12-13(9-10)23-16(14(12)15(18)20)19-17(21)22-11-5-3-2-4-6-11/h2-6,10H,7-9H2,1H3,(H2,18,20)(H,19,21). The van der Waals surface area contributed by atoms with E-state index in [1.165, 1.54) is 11.3 Å². The van der Waals surface area contributed by atoms with E-state index in [0.717, 1.165) is 29.7 Å². The number of rotatable bonds is 3. The van der Waals surface area contributed by atoms with Crippen LogP contribution in [0.2, 0.25) is 0 Å². The van der Waals surface area contributed by atoms with Crippen molar-refractivity contribution in [3.05, 3.63) is 46.3 Å². The van der Waals surface area contributed by atoms with Gasteiger partial charge in [0.05, 0.1) is 5.56 Å². The van der Waals surface area contributed by atoms with Crippen LogP contribution in [0.25, 0.3) is 0 Å². The van der Waals surface area contributed by atoms with E-state index in [0.29, 0.717) is 22.2 Å². The van der Waals surface area contributed by atoms with Crippen molar-refractivity contribution in [2.45, 2.75) is 26.2 Å². The Labute approximate surface area is 138 Å². The summed E-state index contributed by atoms with van der Waals surface area (Å²) in [6.07, 6.45) is 2.14. The minimum atomic E-state index is -0.620. The Morgan fingerprint density at radius 2 is 2.04 bits per heavy atom. The number of nitrogens with two attached hydrogens (primary N) is 1. The molecule has 1 aromatic carbocycles. The van der Waals surface area contributed by atoms with Gasteiger partial charge in [-0.05, 0) is 42.9 Å². The molecule has 0 aliphatic heterocycles. The van der Waals surface area contributed by atoms with Gasteiger partial charge in [0.2, 0.25) is 0 Å². The molecule has 23 heavy (non-hydrogen) atoms. The summed E-state index contributed by atoms with van der Waals surface area (Å²) in [6.45, 7) is 2.18. The number of fused-ring (bicyclic) bond motifs is 1. The van der Waals surface area contributed by atoms with Crippen molar-refractivity contribution in [3.8, 4) is 5.75 Å². The number of primary amides is 1. The van der Waals surface area contributed by atoms with Crippen LogP contribution in [0, 0.1) is 5.92 Å². The van der Waals surface area contributed by atoms with E-state index in [2.05, 4.69) is 12.2 Å². The summed E-state index contributed by atoms with van der Waals surface area (Å²) in [5, 5.41) is 3.15. The summed E-state index contributed by atoms with van der Waals surface area (Å²) in [6, 6.07) is 8.78. The number of carbonyl (C=O) groups excluding carboxylic acids is 2. The molecule has 0 radical (unpaired) electrons. The van der Waals surface area contributed by atoms with E-state index in [-0.39, 0.29) is 0 Å². The Kier molecular flexibility index (Phi) is 4.34. The second-order valence-corrected chi connectivity index (χ2v) is 6.85. The number of para-hydroxylation sites is 1. The van der Waals surface area contributed by atoms with E-state index in [4.69, 9.17) is 10.5 Å². The zero-order valence-corrected chi connectivity index (χ0v) is 13.6. The second kappa shape index (κ2) is 6.42. The molecule has 120 valence electrons. The first-order valence-electron chi connectivity index (χ1n) is 7.53. The van der Waals surface area contributed by atoms with Gasteiger partial charge < -0.3 is 10.5 Å². The molecule has 0 fully saturated rings. The van der Waals surface area contributed by atoms with Gasteiger partial charge in [0.1, 0.15) is 10.8 Å². The van der Waals surface area contributed by atoms with Crippen LogP contribution in [0.5, 0.6) is 5.75 Å². The normalized spacial score (nSPS) is 16.5. The summed E-state index contributed by atoms with van der Waals surface area (Å²) < 4.78 is 5.21. The highest BCUT2D eigenvalue weighted by molar-refractivity contribution is 7.17. The highest BCUT2D eigenvalue weighted by Gasteiger charge is 2.27. The molecule has 0 bridgehead atoms. The predicted octanol–water partition coefficient (Wildman–Crippen LogP) is 3.58. The minimum Gasteiger partial charge on any atom is -0.410 e. The summed E-state index contributed by atoms with van der Waals surface area (Å²) >= 11 is 1.42. The third-order valence-corrected chi connectivity index (χ3v) is 5.10. The number of anilines is 1. The molecule has 0 saturated heterocycles. The monoisotopic (exact) mass is 330 g/mol. The molecule has 6 heteroatoms. The highest BCUT2D eigenvalue weighted by Crippen LogP contribution is 2.39. The van der Waals surface area contributed by atoms with Gasteiger partial charge in [-0.15, -0.1) is 11.3 Å². The number of hydrogen-bond acceptors (Lipinski definition) is 4. The Morgan fingerprint density at radius 1 is 1.30 bits per heavy atom. The molecule has 1 unspecified atom stereocenters. The van der Waals surface area contributed by atoms with Crippen molar-refractivity contribution in [2.24, 2.45) is 11.7 Å². The third kappa shape index (κ3) is 3.37. The van der Waals surface area contributed by atoms with Crippen LogP contribution in [-0.4, -0.2) is 12.0 Å². The van der Waals surface area contributed by atoms with Gasteiger partial charge in [-0.1, -0.05) is 25.1 Å². The van der Waals surface area contributed by atoms with Crippen molar-refractivity contribution in [1.29, 1.82) is 0 Å². The molecule has 3 rings (SSSR count). The molecular weight excluding hydrogens is 312 g/mol. The predicted molar refractivity (Wildman–Crippen MR) is 90.1 cm³/mol. The average molecular weight is 330 g/mol. The molecule has 1 atom stereocenters. The summed E-state index contributed by atoms with van der Waals surface area (Å²) in [5.41, 5.74) is 6.94. The number of hydrogen-bond donors (Lipinski definition) is 2. The molecule has 1 heterocycles. The van der Waals surface area contributed by atoms with Crippen molar-refractivity contribution in [2.75, 3.05) is 5.32 Å². The molecular formula is C17H18N2O3S. The number of thiophene rings is 1. The van der Waals surface area contributed by atoms with E-state index in [1.54, 1.807) is 24.3 Å². The maximum Gasteiger partial charge on any atom is 0.417 e. The first-order valence-corrected chi connectivity index (χ1v) is 8.34. The Hall–Kier alpha value is -2.34. The summed E-state index contributed by atoms with van der Waals surface area (Å²) in [7, 11) is 0. The minimum absolute atomic E-state index is 0.432. The lowest BCUT2D eigenvalue weighted by Gasteiger charge is -2.18. The Balaban J connectivity index is 1.82. The average Bonchev–Trinajstić information content (AvgIpc) is 2.84. The summed E-state index contributed by atoms with van der Waals surface area (Å²) in [4.78, 5) is 25.0. The van der Waals surface area contributed by atoms with Crippen LogP contribution in [0.4, 0.5) is 9.80 Å². The third-order valence-electron chi connectivity index (χ3n) is 3.93. The molecule has 1 aliphatic carbocycles. The lowest BCUT2D eigenvalue weighted by atomic mass is 9.88. The highest BCUT2D eigenvalue weighted by atomic mass is 32.1. The van der Waals surface area contributed by atoms with Crippen LogP contribution in [0.1, 0.15) is 34.1 Å². The lowest BCUT2D eigenvalue weighted by Crippen LogP contribution is -2.21. The molecule has 5 nitrogen and oxygen atoms in total. The first kappa shape index (κ1) is 15.6. The SMILES string of the molecule is CC1CCc2c(sc(NC(=O)Oc3ccccc3)c2C(N)=O)C1. The van der Waals surface area contributed by atoms with E-state index >= 15 is 0 Å². The molecule has 2 amide bonds. The van der Waals surface area contributed by atoms with E-state index < -0.39 is 12.0 Å². The topological polar surface area (TPSA) is 81.4 Å². The number of amides is 2. The van der Waals surface area contributed by atoms with Gasteiger partial charge in [0.25, 0.3) is 5.91 Å². The number of nitrogens with one attached hydrogen (secondary N) is 1. The maximum atomic E-state index is 12.1. The zero-order chi connectivity index (χ0) is 16.4. The summed E-state index contributed by atoms with van der Waals surface area (Å²) in [5.74, 6) is 0.513. The molecule has 1 aromatic heterocycles. The zero-order valence-electron chi connectivity index (χ0n) is 12.8. The molecule has 3 N–H and O–H groups in total. The molecule has 2 aromatic rings. The number of ether oxygens (including phenoxy) is 1. The fourth-order valence-electron chi connectivity index (χ4n) is 2.81. The van der Waals surface area contributed by atoms with Gasteiger partial charge >= 0.3 is 6.09 Å². The maximum absolute atomic E-state index is 12.1. The fourth-order valence-corrected chi connectivity index (χ4v) is 4.22. The van der Waals surface area contributed by atoms with E-state index in [9.17, 15) is 9.59 Å². The molecule has 0 saturated carbocycles. The van der Waals surface area contributed by atoms with Crippen LogP contribution >= 0.6 is 11.3 Å². The number of carbonyl (C=O) groups is 2. The van der Waals surface area contributed by atoms with Crippen molar-refractivity contribution >= 4 is 28.3 Å². The lowest BCUT2D eigenvalue weighted by molar-refractivity contribution is 0.100. The molecule has 0 spiro atoms. The van der Waals surface area contributed by atoms with E-state index in [1.807, 2.05) is 6.07 Å². The van der Waals surface area contributed by atoms with Crippen molar-refractivity contribution in [3.63, 3.8) is 0 Å². The van der Waals surface area contributed by atoms with Crippen LogP contribution in [0.15, 0.2) is 30.3 Å². The Morgan fingerprint density at radius 3 is 2.74 bits per heavy atom.